The van der Waals surface area contributed by atoms with Gasteiger partial charge in [0.1, 0.15) is 0 Å². The zero-order valence-electron chi connectivity index (χ0n) is 19.6. The monoisotopic (exact) mass is 380 g/mol. The fourth-order valence-electron chi connectivity index (χ4n) is 5.05. The van der Waals surface area contributed by atoms with Gasteiger partial charge in [0.2, 0.25) is 0 Å². The van der Waals surface area contributed by atoms with Gasteiger partial charge in [-0.3, -0.25) is 0 Å². The number of benzene rings is 1. The second kappa shape index (κ2) is 10.2. The molecule has 2 aromatic rings. The zero-order chi connectivity index (χ0) is 20.8. The van der Waals surface area contributed by atoms with Crippen molar-refractivity contribution in [3.8, 4) is 11.4 Å². The standard InChI is InChI=1S/C26H40N2/c1-9-17-18(10-2)20(12-4)25(21(13-5)19(17)11-3)26-27-23(15-7)22(14-6)24(16-8)28-26/h9-16H2,1-8H3. The Balaban J connectivity index is 2.99. The third-order valence-corrected chi connectivity index (χ3v) is 6.25. The van der Waals surface area contributed by atoms with E-state index in [2.05, 4.69) is 55.4 Å². The van der Waals surface area contributed by atoms with Gasteiger partial charge in [-0.05, 0) is 84.7 Å². The third kappa shape index (κ3) is 3.88. The van der Waals surface area contributed by atoms with Crippen molar-refractivity contribution in [1.29, 1.82) is 0 Å². The summed E-state index contributed by atoms with van der Waals surface area (Å²) in [5, 5.41) is 0. The highest BCUT2D eigenvalue weighted by Gasteiger charge is 2.23. The van der Waals surface area contributed by atoms with Crippen LogP contribution >= 0.6 is 0 Å². The average Bonchev–Trinajstić information content (AvgIpc) is 2.75. The summed E-state index contributed by atoms with van der Waals surface area (Å²) in [5.41, 5.74) is 12.8. The quantitative estimate of drug-likeness (QED) is 0.487. The minimum Gasteiger partial charge on any atom is -0.233 e. The molecule has 0 saturated carbocycles. The van der Waals surface area contributed by atoms with Gasteiger partial charge in [-0.2, -0.15) is 0 Å². The van der Waals surface area contributed by atoms with Crippen LogP contribution in [-0.4, -0.2) is 9.97 Å². The molecule has 0 amide bonds. The highest BCUT2D eigenvalue weighted by Crippen LogP contribution is 2.37. The summed E-state index contributed by atoms with van der Waals surface area (Å²) in [4.78, 5) is 10.3. The van der Waals surface area contributed by atoms with Gasteiger partial charge < -0.3 is 0 Å². The molecule has 0 aliphatic rings. The first kappa shape index (κ1) is 22.6. The van der Waals surface area contributed by atoms with Crippen LogP contribution in [0.15, 0.2) is 0 Å². The Kier molecular flexibility index (Phi) is 8.22. The fraction of sp³-hybridized carbons (Fsp3) is 0.615. The van der Waals surface area contributed by atoms with Crippen LogP contribution in [0, 0.1) is 0 Å². The molecule has 2 heteroatoms. The van der Waals surface area contributed by atoms with Crippen molar-refractivity contribution in [2.24, 2.45) is 0 Å². The number of hydrogen-bond acceptors (Lipinski definition) is 2. The van der Waals surface area contributed by atoms with E-state index in [1.165, 1.54) is 33.6 Å². The molecule has 0 bridgehead atoms. The van der Waals surface area contributed by atoms with E-state index in [1.54, 1.807) is 16.7 Å². The molecule has 28 heavy (non-hydrogen) atoms. The summed E-state index contributed by atoms with van der Waals surface area (Å²) in [6, 6.07) is 0. The van der Waals surface area contributed by atoms with Crippen molar-refractivity contribution >= 4 is 0 Å². The summed E-state index contributed by atoms with van der Waals surface area (Å²) in [7, 11) is 0. The van der Waals surface area contributed by atoms with Crippen LogP contribution in [0.5, 0.6) is 0 Å². The lowest BCUT2D eigenvalue weighted by Gasteiger charge is -2.25. The number of aromatic nitrogens is 2. The van der Waals surface area contributed by atoms with Crippen molar-refractivity contribution in [2.75, 3.05) is 0 Å². The van der Waals surface area contributed by atoms with E-state index in [-0.39, 0.29) is 0 Å². The van der Waals surface area contributed by atoms with Crippen LogP contribution in [0.4, 0.5) is 0 Å². The molecule has 0 spiro atoms. The van der Waals surface area contributed by atoms with E-state index in [0.29, 0.717) is 0 Å². The van der Waals surface area contributed by atoms with Crippen molar-refractivity contribution < 1.29 is 0 Å². The van der Waals surface area contributed by atoms with E-state index in [9.17, 15) is 0 Å². The van der Waals surface area contributed by atoms with E-state index < -0.39 is 0 Å². The first-order chi connectivity index (χ1) is 13.6. The van der Waals surface area contributed by atoms with Crippen LogP contribution in [0.3, 0.4) is 0 Å². The molecule has 1 aromatic heterocycles. The van der Waals surface area contributed by atoms with Gasteiger partial charge >= 0.3 is 0 Å². The maximum atomic E-state index is 5.15. The minimum atomic E-state index is 0.975. The molecule has 0 saturated heterocycles. The SMILES string of the molecule is CCc1nc(-c2c(CC)c(CC)c(CC)c(CC)c2CC)nc(CC)c1CC. The lowest BCUT2D eigenvalue weighted by molar-refractivity contribution is 0.865. The molecular weight excluding hydrogens is 340 g/mol. The molecular formula is C26H40N2. The smallest absolute Gasteiger partial charge is 0.160 e. The highest BCUT2D eigenvalue weighted by molar-refractivity contribution is 5.71. The average molecular weight is 381 g/mol. The zero-order valence-corrected chi connectivity index (χ0v) is 19.6. The second-order valence-corrected chi connectivity index (χ2v) is 7.52. The lowest BCUT2D eigenvalue weighted by atomic mass is 9.81. The van der Waals surface area contributed by atoms with Crippen LogP contribution in [0.1, 0.15) is 100 Å². The fourth-order valence-corrected chi connectivity index (χ4v) is 5.05. The minimum absolute atomic E-state index is 0.975. The molecule has 0 unspecified atom stereocenters. The van der Waals surface area contributed by atoms with Crippen molar-refractivity contribution in [3.63, 3.8) is 0 Å². The molecule has 1 aromatic carbocycles. The van der Waals surface area contributed by atoms with Crippen molar-refractivity contribution in [1.82, 2.24) is 9.97 Å². The number of aryl methyl sites for hydroxylation is 2. The Labute approximate surface area is 173 Å². The van der Waals surface area contributed by atoms with E-state index in [4.69, 9.17) is 9.97 Å². The first-order valence-electron chi connectivity index (χ1n) is 11.6. The topological polar surface area (TPSA) is 25.8 Å². The van der Waals surface area contributed by atoms with Gasteiger partial charge in [0.25, 0.3) is 0 Å². The van der Waals surface area contributed by atoms with E-state index >= 15 is 0 Å². The first-order valence-corrected chi connectivity index (χ1v) is 11.6. The molecule has 0 atom stereocenters. The Morgan fingerprint density at radius 3 is 1.00 bits per heavy atom. The number of nitrogens with zero attached hydrogens (tertiary/aromatic N) is 2. The molecule has 154 valence electrons. The molecule has 0 N–H and O–H groups in total. The molecule has 1 heterocycles. The number of hydrogen-bond donors (Lipinski definition) is 0. The number of rotatable bonds is 9. The van der Waals surface area contributed by atoms with E-state index in [1.807, 2.05) is 0 Å². The van der Waals surface area contributed by atoms with Gasteiger partial charge in [-0.1, -0.05) is 55.4 Å². The van der Waals surface area contributed by atoms with Gasteiger partial charge in [0.05, 0.1) is 0 Å². The lowest BCUT2D eigenvalue weighted by Crippen LogP contribution is -2.13. The molecule has 0 radical (unpaired) electrons. The Morgan fingerprint density at radius 2 is 0.714 bits per heavy atom. The molecule has 0 aliphatic heterocycles. The van der Waals surface area contributed by atoms with Crippen molar-refractivity contribution in [2.45, 2.75) is 107 Å². The van der Waals surface area contributed by atoms with Crippen LogP contribution < -0.4 is 0 Å². The van der Waals surface area contributed by atoms with Crippen molar-refractivity contribution in [3.05, 3.63) is 44.8 Å². The van der Waals surface area contributed by atoms with Gasteiger partial charge in [-0.15, -0.1) is 0 Å². The van der Waals surface area contributed by atoms with Crippen LogP contribution in [0.25, 0.3) is 11.4 Å². The Morgan fingerprint density at radius 1 is 0.393 bits per heavy atom. The van der Waals surface area contributed by atoms with Gasteiger partial charge in [0, 0.05) is 17.0 Å². The molecule has 2 nitrogen and oxygen atoms in total. The van der Waals surface area contributed by atoms with Gasteiger partial charge in [0.15, 0.2) is 5.82 Å². The Bertz CT molecular complexity index is 760. The third-order valence-electron chi connectivity index (χ3n) is 6.25. The summed E-state index contributed by atoms with van der Waals surface area (Å²) in [5.74, 6) is 0.978. The maximum absolute atomic E-state index is 5.15. The maximum Gasteiger partial charge on any atom is 0.160 e. The predicted octanol–water partition coefficient (Wildman–Crippen LogP) is 6.64. The predicted molar refractivity (Wildman–Crippen MR) is 122 cm³/mol. The normalized spacial score (nSPS) is 11.3. The van der Waals surface area contributed by atoms with Crippen LogP contribution in [0.2, 0.25) is 0 Å². The van der Waals surface area contributed by atoms with Gasteiger partial charge in [-0.25, -0.2) is 9.97 Å². The second-order valence-electron chi connectivity index (χ2n) is 7.52. The summed E-state index contributed by atoms with van der Waals surface area (Å²) < 4.78 is 0. The summed E-state index contributed by atoms with van der Waals surface area (Å²) in [6.07, 6.45) is 8.35. The summed E-state index contributed by atoms with van der Waals surface area (Å²) >= 11 is 0. The summed E-state index contributed by atoms with van der Waals surface area (Å²) in [6.45, 7) is 18.2. The highest BCUT2D eigenvalue weighted by atomic mass is 14.9. The van der Waals surface area contributed by atoms with Crippen LogP contribution in [-0.2, 0) is 51.4 Å². The molecule has 0 aliphatic carbocycles. The van der Waals surface area contributed by atoms with E-state index in [0.717, 1.165) is 57.2 Å². The molecule has 2 rings (SSSR count). The Hall–Kier alpha value is -1.70. The molecule has 0 fully saturated rings. The largest absolute Gasteiger partial charge is 0.233 e.